The number of nitrogens with zero attached hydrogens (tertiary/aromatic N) is 4. The molecule has 0 amide bonds. The zero-order chi connectivity index (χ0) is 13.9. The first-order valence-electron chi connectivity index (χ1n) is 7.70. The summed E-state index contributed by atoms with van der Waals surface area (Å²) in [6.07, 6.45) is 7.54. The molecule has 1 N–H and O–H groups in total. The van der Waals surface area contributed by atoms with E-state index in [1.165, 1.54) is 32.1 Å². The Kier molecular flexibility index (Phi) is 4.24. The van der Waals surface area contributed by atoms with E-state index in [1.54, 1.807) is 0 Å². The molecule has 5 nitrogen and oxygen atoms in total. The number of piperidine rings is 1. The maximum Gasteiger partial charge on any atom is 0.231 e. The van der Waals surface area contributed by atoms with Crippen molar-refractivity contribution in [1.29, 1.82) is 0 Å². The minimum Gasteiger partial charge on any atom is -0.354 e. The molecule has 1 aliphatic heterocycles. The summed E-state index contributed by atoms with van der Waals surface area (Å²) in [5, 5.41) is 3.49. The van der Waals surface area contributed by atoms with Gasteiger partial charge >= 0.3 is 0 Å². The van der Waals surface area contributed by atoms with Crippen molar-refractivity contribution in [1.82, 2.24) is 15.0 Å². The Labute approximate surface area is 125 Å². The highest BCUT2D eigenvalue weighted by Gasteiger charge is 2.36. The molecule has 0 spiro atoms. The molecule has 2 aliphatic rings. The SMILES string of the molecule is CCCNc1nc(Cl)nc(N2CCCC3CCCC32)n1. The summed E-state index contributed by atoms with van der Waals surface area (Å²) in [4.78, 5) is 15.4. The van der Waals surface area contributed by atoms with Crippen LogP contribution < -0.4 is 10.2 Å². The predicted molar refractivity (Wildman–Crippen MR) is 81.3 cm³/mol. The van der Waals surface area contributed by atoms with E-state index in [-0.39, 0.29) is 5.28 Å². The van der Waals surface area contributed by atoms with E-state index in [2.05, 4.69) is 32.1 Å². The van der Waals surface area contributed by atoms with E-state index < -0.39 is 0 Å². The molecule has 20 heavy (non-hydrogen) atoms. The number of hydrogen-bond donors (Lipinski definition) is 1. The van der Waals surface area contributed by atoms with Crippen molar-refractivity contribution in [2.45, 2.75) is 51.5 Å². The molecule has 2 fully saturated rings. The smallest absolute Gasteiger partial charge is 0.231 e. The van der Waals surface area contributed by atoms with Gasteiger partial charge in [0.2, 0.25) is 17.2 Å². The van der Waals surface area contributed by atoms with E-state index in [4.69, 9.17) is 11.6 Å². The van der Waals surface area contributed by atoms with Crippen molar-refractivity contribution < 1.29 is 0 Å². The van der Waals surface area contributed by atoms with E-state index in [0.717, 1.165) is 31.4 Å². The number of rotatable bonds is 4. The van der Waals surface area contributed by atoms with Crippen LogP contribution in [-0.4, -0.2) is 34.1 Å². The molecule has 3 rings (SSSR count). The first kappa shape index (κ1) is 13.9. The lowest BCUT2D eigenvalue weighted by atomic mass is 9.92. The Morgan fingerprint density at radius 2 is 2.05 bits per heavy atom. The van der Waals surface area contributed by atoms with Crippen LogP contribution in [0.15, 0.2) is 0 Å². The van der Waals surface area contributed by atoms with Crippen molar-refractivity contribution in [2.75, 3.05) is 23.3 Å². The molecule has 2 atom stereocenters. The molecule has 110 valence electrons. The first-order valence-corrected chi connectivity index (χ1v) is 8.08. The molecule has 0 aromatic carbocycles. The zero-order valence-corrected chi connectivity index (χ0v) is 12.7. The summed E-state index contributed by atoms with van der Waals surface area (Å²) < 4.78 is 0. The van der Waals surface area contributed by atoms with Crippen LogP contribution in [0.4, 0.5) is 11.9 Å². The maximum atomic E-state index is 6.06. The second-order valence-corrected chi connectivity index (χ2v) is 6.09. The molecule has 2 unspecified atom stereocenters. The lowest BCUT2D eigenvalue weighted by molar-refractivity contribution is 0.358. The third-order valence-electron chi connectivity index (χ3n) is 4.38. The van der Waals surface area contributed by atoms with E-state index in [0.29, 0.717) is 12.0 Å². The summed E-state index contributed by atoms with van der Waals surface area (Å²) in [7, 11) is 0. The lowest BCUT2D eigenvalue weighted by Gasteiger charge is -2.37. The van der Waals surface area contributed by atoms with Crippen LogP contribution in [0.5, 0.6) is 0 Å². The summed E-state index contributed by atoms with van der Waals surface area (Å²) in [6, 6.07) is 0.598. The Hall–Kier alpha value is -1.10. The van der Waals surface area contributed by atoms with Gasteiger partial charge in [0.1, 0.15) is 0 Å². The first-order chi connectivity index (χ1) is 9.78. The Morgan fingerprint density at radius 1 is 1.20 bits per heavy atom. The number of aromatic nitrogens is 3. The highest BCUT2D eigenvalue weighted by atomic mass is 35.5. The minimum absolute atomic E-state index is 0.286. The summed E-state index contributed by atoms with van der Waals surface area (Å²) in [6.45, 7) is 4.00. The largest absolute Gasteiger partial charge is 0.354 e. The van der Waals surface area contributed by atoms with Gasteiger partial charge in [-0.1, -0.05) is 13.3 Å². The van der Waals surface area contributed by atoms with Crippen molar-refractivity contribution in [3.63, 3.8) is 0 Å². The van der Waals surface area contributed by atoms with Crippen LogP contribution in [0, 0.1) is 5.92 Å². The molecular formula is C14H22ClN5. The van der Waals surface area contributed by atoms with Gasteiger partial charge in [-0.05, 0) is 49.6 Å². The molecular weight excluding hydrogens is 274 g/mol. The number of halogens is 1. The number of hydrogen-bond acceptors (Lipinski definition) is 5. The van der Waals surface area contributed by atoms with Crippen LogP contribution >= 0.6 is 11.6 Å². The second kappa shape index (κ2) is 6.12. The monoisotopic (exact) mass is 295 g/mol. The van der Waals surface area contributed by atoms with Crippen LogP contribution in [-0.2, 0) is 0 Å². The molecule has 6 heteroatoms. The van der Waals surface area contributed by atoms with Crippen molar-refractivity contribution in [3.8, 4) is 0 Å². The lowest BCUT2D eigenvalue weighted by Crippen LogP contribution is -2.43. The molecule has 1 aliphatic carbocycles. The molecule has 0 radical (unpaired) electrons. The molecule has 1 saturated heterocycles. The fraction of sp³-hybridized carbons (Fsp3) is 0.786. The Bertz CT molecular complexity index is 467. The van der Waals surface area contributed by atoms with Crippen LogP contribution in [0.3, 0.4) is 0 Å². The maximum absolute atomic E-state index is 6.06. The molecule has 2 heterocycles. The second-order valence-electron chi connectivity index (χ2n) is 5.75. The van der Waals surface area contributed by atoms with Crippen molar-refractivity contribution in [3.05, 3.63) is 5.28 Å². The van der Waals surface area contributed by atoms with E-state index >= 15 is 0 Å². The highest BCUT2D eigenvalue weighted by Crippen LogP contribution is 2.38. The number of fused-ring (bicyclic) bond motifs is 1. The third-order valence-corrected chi connectivity index (χ3v) is 4.55. The van der Waals surface area contributed by atoms with Crippen LogP contribution in [0.1, 0.15) is 45.4 Å². The quantitative estimate of drug-likeness (QED) is 0.925. The summed E-state index contributed by atoms with van der Waals surface area (Å²) >= 11 is 6.06. The van der Waals surface area contributed by atoms with Gasteiger partial charge in [-0.25, -0.2) is 0 Å². The van der Waals surface area contributed by atoms with Gasteiger partial charge in [0, 0.05) is 19.1 Å². The molecule has 1 saturated carbocycles. The normalized spacial score (nSPS) is 25.6. The predicted octanol–water partition coefficient (Wildman–Crippen LogP) is 3.12. The standard InChI is InChI=1S/C14H22ClN5/c1-2-8-16-13-17-12(15)18-14(19-13)20-9-4-6-10-5-3-7-11(10)20/h10-11H,2-9H2,1H3,(H,16,17,18,19). The average Bonchev–Trinajstić information content (AvgIpc) is 2.92. The van der Waals surface area contributed by atoms with Gasteiger partial charge in [-0.3, -0.25) is 0 Å². The minimum atomic E-state index is 0.286. The Morgan fingerprint density at radius 3 is 2.90 bits per heavy atom. The average molecular weight is 296 g/mol. The van der Waals surface area contributed by atoms with Gasteiger partial charge in [-0.2, -0.15) is 15.0 Å². The van der Waals surface area contributed by atoms with Crippen LogP contribution in [0.25, 0.3) is 0 Å². The van der Waals surface area contributed by atoms with Gasteiger partial charge < -0.3 is 10.2 Å². The summed E-state index contributed by atoms with van der Waals surface area (Å²) in [5.74, 6) is 2.16. The number of nitrogens with one attached hydrogen (secondary N) is 1. The molecule has 1 aromatic heterocycles. The zero-order valence-electron chi connectivity index (χ0n) is 12.0. The van der Waals surface area contributed by atoms with E-state index in [9.17, 15) is 0 Å². The van der Waals surface area contributed by atoms with Crippen LogP contribution in [0.2, 0.25) is 5.28 Å². The number of anilines is 2. The fourth-order valence-corrected chi connectivity index (χ4v) is 3.64. The van der Waals surface area contributed by atoms with Gasteiger partial charge in [-0.15, -0.1) is 0 Å². The third kappa shape index (κ3) is 2.82. The fourth-order valence-electron chi connectivity index (χ4n) is 3.49. The van der Waals surface area contributed by atoms with Gasteiger partial charge in [0.05, 0.1) is 0 Å². The van der Waals surface area contributed by atoms with Crippen molar-refractivity contribution >= 4 is 23.5 Å². The van der Waals surface area contributed by atoms with E-state index in [1.807, 2.05) is 0 Å². The molecule has 1 aromatic rings. The summed E-state index contributed by atoms with van der Waals surface area (Å²) in [5.41, 5.74) is 0. The highest BCUT2D eigenvalue weighted by molar-refractivity contribution is 6.28. The van der Waals surface area contributed by atoms with Gasteiger partial charge in [0.15, 0.2) is 0 Å². The van der Waals surface area contributed by atoms with Gasteiger partial charge in [0.25, 0.3) is 0 Å². The van der Waals surface area contributed by atoms with Crippen molar-refractivity contribution in [2.24, 2.45) is 5.92 Å². The topological polar surface area (TPSA) is 53.9 Å². The molecule has 0 bridgehead atoms. The Balaban J connectivity index is 1.82.